The van der Waals surface area contributed by atoms with Crippen LogP contribution in [0.25, 0.3) is 0 Å². The Morgan fingerprint density at radius 1 is 0.941 bits per heavy atom. The van der Waals surface area contributed by atoms with Crippen LogP contribution in [0.1, 0.15) is 24.0 Å². The minimum atomic E-state index is -2.23. The molecular weight excluding hydrogens is 231 g/mol. The molecule has 0 aromatic heterocycles. The summed E-state index contributed by atoms with van der Waals surface area (Å²) in [7, 11) is -2.23. The Morgan fingerprint density at radius 2 is 1.47 bits per heavy atom. The Labute approximate surface area is 102 Å². The van der Waals surface area contributed by atoms with Gasteiger partial charge >= 0.3 is 8.03 Å². The fourth-order valence-corrected chi connectivity index (χ4v) is 2.23. The molecule has 0 aliphatic carbocycles. The summed E-state index contributed by atoms with van der Waals surface area (Å²) in [6, 6.07) is 17.5. The molecule has 2 atom stereocenters. The molecule has 0 aliphatic rings. The fraction of sp³-hybridized carbons (Fsp3) is 0.143. The quantitative estimate of drug-likeness (QED) is 0.843. The van der Waals surface area contributed by atoms with Crippen molar-refractivity contribution in [2.45, 2.75) is 12.8 Å². The third-order valence-electron chi connectivity index (χ3n) is 2.91. The average Bonchev–Trinajstić information content (AvgIpc) is 2.39. The average molecular weight is 245 g/mol. The monoisotopic (exact) mass is 245 g/mol. The first-order valence-electron chi connectivity index (χ1n) is 5.49. The van der Waals surface area contributed by atoms with Crippen molar-refractivity contribution in [2.75, 3.05) is 0 Å². The highest BCUT2D eigenvalue weighted by Crippen LogP contribution is 2.24. The zero-order valence-corrected chi connectivity index (χ0v) is 10.5. The van der Waals surface area contributed by atoms with Crippen molar-refractivity contribution in [1.82, 2.24) is 0 Å². The molecule has 0 bridgehead atoms. The van der Waals surface area contributed by atoms with Crippen LogP contribution in [0.3, 0.4) is 0 Å². The lowest BCUT2D eigenvalue weighted by Gasteiger charge is -2.11. The maximum absolute atomic E-state index is 10.9. The number of rotatable bonds is 3. The minimum Gasteiger partial charge on any atom is -0.156 e. The van der Waals surface area contributed by atoms with E-state index >= 15 is 0 Å². The zero-order valence-electron chi connectivity index (χ0n) is 9.58. The molecule has 2 rings (SSSR count). The first-order valence-corrected chi connectivity index (χ1v) is 6.71. The van der Waals surface area contributed by atoms with E-state index in [1.807, 2.05) is 30.3 Å². The Hall–Kier alpha value is -1.50. The van der Waals surface area contributed by atoms with Gasteiger partial charge < -0.3 is 0 Å². The van der Waals surface area contributed by atoms with E-state index < -0.39 is 8.03 Å². The molecule has 17 heavy (non-hydrogen) atoms. The van der Waals surface area contributed by atoms with Crippen LogP contribution in [0.2, 0.25) is 0 Å². The van der Waals surface area contributed by atoms with Gasteiger partial charge in [0, 0.05) is 5.92 Å². The Balaban J connectivity index is 2.26. The third-order valence-corrected chi connectivity index (χ3v) is 3.65. The molecule has 0 fully saturated rings. The van der Waals surface area contributed by atoms with Crippen LogP contribution in [0.15, 0.2) is 54.6 Å². The van der Waals surface area contributed by atoms with E-state index in [9.17, 15) is 4.57 Å². The minimum absolute atomic E-state index is 0.293. The van der Waals surface area contributed by atoms with Crippen LogP contribution in [-0.2, 0) is 4.57 Å². The predicted molar refractivity (Wildman–Crippen MR) is 69.9 cm³/mol. The van der Waals surface area contributed by atoms with Crippen LogP contribution in [-0.4, -0.2) is 4.89 Å². The molecule has 2 aromatic carbocycles. The van der Waals surface area contributed by atoms with Crippen LogP contribution in [0.4, 0.5) is 0 Å². The topological polar surface area (TPSA) is 37.3 Å². The van der Waals surface area contributed by atoms with E-state index in [1.54, 1.807) is 12.1 Å². The Morgan fingerprint density at radius 3 is 2.00 bits per heavy atom. The molecule has 0 spiro atoms. The van der Waals surface area contributed by atoms with Gasteiger partial charge in [-0.05, 0) is 27.8 Å². The Kier molecular flexibility index (Phi) is 3.68. The standard InChI is InChI=1S/C14H13O2P/c1-11(12-5-3-2-4-6-12)13-7-9-14(10-8-13)17(15)16/h2-11H,1H3/p+1. The number of hydrogen-bond donors (Lipinski definition) is 1. The second-order valence-corrected chi connectivity index (χ2v) is 5.06. The molecule has 86 valence electrons. The lowest BCUT2D eigenvalue weighted by molar-refractivity contribution is 0.513. The van der Waals surface area contributed by atoms with E-state index in [0.717, 1.165) is 5.56 Å². The first-order chi connectivity index (χ1) is 8.18. The molecule has 2 unspecified atom stereocenters. The molecular formula is C14H14O2P+. The molecule has 0 saturated carbocycles. The summed E-state index contributed by atoms with van der Waals surface area (Å²) in [6.07, 6.45) is 0. The largest absolute Gasteiger partial charge is 0.546 e. The predicted octanol–water partition coefficient (Wildman–Crippen LogP) is 3.20. The summed E-state index contributed by atoms with van der Waals surface area (Å²) in [6.45, 7) is 2.13. The highest BCUT2D eigenvalue weighted by molar-refractivity contribution is 7.47. The summed E-state index contributed by atoms with van der Waals surface area (Å²) in [4.78, 5) is 8.98. The van der Waals surface area contributed by atoms with Gasteiger partial charge in [0.25, 0.3) is 0 Å². The van der Waals surface area contributed by atoms with Gasteiger partial charge in [-0.3, -0.25) is 0 Å². The normalized spacial score (nSPS) is 13.2. The van der Waals surface area contributed by atoms with Gasteiger partial charge in [0.2, 0.25) is 5.30 Å². The van der Waals surface area contributed by atoms with Crippen molar-refractivity contribution in [2.24, 2.45) is 0 Å². The third kappa shape index (κ3) is 2.79. The summed E-state index contributed by atoms with van der Waals surface area (Å²) in [5.74, 6) is 0.293. The fourth-order valence-electron chi connectivity index (χ4n) is 1.82. The van der Waals surface area contributed by atoms with Gasteiger partial charge in [0.1, 0.15) is 0 Å². The highest BCUT2D eigenvalue weighted by Gasteiger charge is 2.16. The van der Waals surface area contributed by atoms with Crippen molar-refractivity contribution >= 4 is 13.3 Å². The van der Waals surface area contributed by atoms with Crippen molar-refractivity contribution in [3.8, 4) is 0 Å². The van der Waals surface area contributed by atoms with Crippen LogP contribution < -0.4 is 5.30 Å². The van der Waals surface area contributed by atoms with E-state index in [2.05, 4.69) is 19.1 Å². The van der Waals surface area contributed by atoms with Crippen molar-refractivity contribution < 1.29 is 9.46 Å². The van der Waals surface area contributed by atoms with Gasteiger partial charge in [-0.2, -0.15) is 4.89 Å². The number of benzene rings is 2. The molecule has 1 N–H and O–H groups in total. The first kappa shape index (κ1) is 12.0. The smallest absolute Gasteiger partial charge is 0.156 e. The van der Waals surface area contributed by atoms with Crippen molar-refractivity contribution in [3.63, 3.8) is 0 Å². The molecule has 2 nitrogen and oxygen atoms in total. The molecule has 2 aromatic rings. The SMILES string of the molecule is CC(c1ccccc1)c1ccc([P+](=O)O)cc1. The summed E-state index contributed by atoms with van der Waals surface area (Å²) in [5, 5.41) is 0.476. The lowest BCUT2D eigenvalue weighted by Crippen LogP contribution is -2.00. The molecule has 0 saturated heterocycles. The molecule has 0 amide bonds. The Bertz CT molecular complexity index is 506. The maximum atomic E-state index is 10.9. The van der Waals surface area contributed by atoms with Crippen molar-refractivity contribution in [1.29, 1.82) is 0 Å². The van der Waals surface area contributed by atoms with Gasteiger partial charge in [0.05, 0.1) is 0 Å². The van der Waals surface area contributed by atoms with Crippen molar-refractivity contribution in [3.05, 3.63) is 65.7 Å². The lowest BCUT2D eigenvalue weighted by atomic mass is 9.93. The molecule has 0 radical (unpaired) electrons. The van der Waals surface area contributed by atoms with Crippen LogP contribution in [0.5, 0.6) is 0 Å². The molecule has 0 heterocycles. The zero-order chi connectivity index (χ0) is 12.3. The van der Waals surface area contributed by atoms with Gasteiger partial charge in [-0.25, -0.2) is 0 Å². The summed E-state index contributed by atoms with van der Waals surface area (Å²) < 4.78 is 10.9. The van der Waals surface area contributed by atoms with Crippen LogP contribution >= 0.6 is 8.03 Å². The summed E-state index contributed by atoms with van der Waals surface area (Å²) >= 11 is 0. The van der Waals surface area contributed by atoms with Crippen LogP contribution in [0, 0.1) is 0 Å². The second-order valence-electron chi connectivity index (χ2n) is 4.00. The van der Waals surface area contributed by atoms with Gasteiger partial charge in [-0.1, -0.05) is 49.4 Å². The van der Waals surface area contributed by atoms with E-state index in [1.165, 1.54) is 5.56 Å². The van der Waals surface area contributed by atoms with E-state index in [0.29, 0.717) is 11.2 Å². The van der Waals surface area contributed by atoms with Gasteiger partial charge in [0.15, 0.2) is 0 Å². The van der Waals surface area contributed by atoms with Gasteiger partial charge in [-0.15, -0.1) is 0 Å². The van der Waals surface area contributed by atoms with E-state index in [4.69, 9.17) is 4.89 Å². The molecule has 0 aliphatic heterocycles. The van der Waals surface area contributed by atoms with E-state index in [-0.39, 0.29) is 0 Å². The maximum Gasteiger partial charge on any atom is 0.546 e. The summed E-state index contributed by atoms with van der Waals surface area (Å²) in [5.41, 5.74) is 2.39. The number of hydrogen-bond acceptors (Lipinski definition) is 1. The second kappa shape index (κ2) is 5.22. The highest BCUT2D eigenvalue weighted by atomic mass is 31.1. The molecule has 3 heteroatoms.